The summed E-state index contributed by atoms with van der Waals surface area (Å²) >= 11 is 0. The smallest absolute Gasteiger partial charge is 0.122 e. The van der Waals surface area contributed by atoms with Gasteiger partial charge < -0.3 is 20.7 Å². The van der Waals surface area contributed by atoms with Gasteiger partial charge in [0.15, 0.2) is 0 Å². The van der Waals surface area contributed by atoms with Gasteiger partial charge in [-0.3, -0.25) is 5.41 Å². The molecule has 0 atom stereocenters. The number of amidine groups is 1. The minimum Gasteiger partial charge on any atom is -0.490 e. The standard InChI is InChI=1S/C22H28N4O.3ClH/c1-26(15-3-5-17-4-2-6-18(16-17)22(23)24)19-7-9-20(10-8-19)27-21-11-13-25-14-12-21;;;/h2-10,16,21,25H,11-15H2,1H3,(H3,23,24);3*1H/b5-3+;;;. The average Bonchev–Trinajstić information content (AvgIpc) is 2.69. The molecule has 2 aromatic carbocycles. The number of nitrogens with two attached hydrogens (primary N) is 1. The monoisotopic (exact) mass is 472 g/mol. The molecular weight excluding hydrogens is 443 g/mol. The van der Waals surface area contributed by atoms with Crippen molar-refractivity contribution in [1.82, 2.24) is 5.32 Å². The van der Waals surface area contributed by atoms with Crippen molar-refractivity contribution in [1.29, 1.82) is 5.41 Å². The number of nitrogen functional groups attached to an aromatic ring is 1. The van der Waals surface area contributed by atoms with Gasteiger partial charge in [-0.1, -0.05) is 30.4 Å². The number of benzene rings is 2. The van der Waals surface area contributed by atoms with Crippen molar-refractivity contribution in [2.75, 3.05) is 31.6 Å². The van der Waals surface area contributed by atoms with Gasteiger partial charge in [-0.05, 0) is 61.8 Å². The Morgan fingerprint density at radius 3 is 2.43 bits per heavy atom. The minimum absolute atomic E-state index is 0. The number of halogens is 3. The molecule has 1 aliphatic heterocycles. The maximum Gasteiger partial charge on any atom is 0.122 e. The molecule has 5 nitrogen and oxygen atoms in total. The molecule has 166 valence electrons. The van der Waals surface area contributed by atoms with E-state index in [1.807, 2.05) is 36.4 Å². The van der Waals surface area contributed by atoms with Crippen LogP contribution in [-0.4, -0.2) is 38.6 Å². The molecule has 1 aliphatic rings. The fourth-order valence-electron chi connectivity index (χ4n) is 3.15. The molecule has 1 saturated heterocycles. The Morgan fingerprint density at radius 1 is 1.13 bits per heavy atom. The molecule has 1 heterocycles. The van der Waals surface area contributed by atoms with E-state index in [0.29, 0.717) is 6.10 Å². The lowest BCUT2D eigenvalue weighted by atomic mass is 10.1. The number of hydrogen-bond donors (Lipinski definition) is 3. The molecule has 0 bridgehead atoms. The molecule has 0 aliphatic carbocycles. The van der Waals surface area contributed by atoms with Crippen LogP contribution in [0.5, 0.6) is 5.75 Å². The van der Waals surface area contributed by atoms with E-state index in [-0.39, 0.29) is 43.1 Å². The SMILES string of the molecule is CN(C/C=C/c1cccc(C(=N)N)c1)c1ccc(OC2CCNCC2)cc1.Cl.Cl.Cl. The Labute approximate surface area is 197 Å². The first-order valence-electron chi connectivity index (χ1n) is 9.41. The number of rotatable bonds is 7. The highest BCUT2D eigenvalue weighted by Gasteiger charge is 2.14. The topological polar surface area (TPSA) is 74.4 Å². The summed E-state index contributed by atoms with van der Waals surface area (Å²) in [5.74, 6) is 1.03. The second kappa shape index (κ2) is 14.1. The van der Waals surface area contributed by atoms with Crippen molar-refractivity contribution in [3.8, 4) is 5.75 Å². The van der Waals surface area contributed by atoms with E-state index >= 15 is 0 Å². The van der Waals surface area contributed by atoms with Crippen LogP contribution in [-0.2, 0) is 0 Å². The molecule has 0 spiro atoms. The molecule has 2 aromatic rings. The van der Waals surface area contributed by atoms with Gasteiger partial charge in [0.25, 0.3) is 0 Å². The van der Waals surface area contributed by atoms with E-state index in [4.69, 9.17) is 15.9 Å². The number of hydrogen-bond acceptors (Lipinski definition) is 4. The molecule has 4 N–H and O–H groups in total. The molecule has 0 unspecified atom stereocenters. The normalized spacial score (nSPS) is 13.5. The molecule has 8 heteroatoms. The van der Waals surface area contributed by atoms with E-state index in [2.05, 4.69) is 41.5 Å². The zero-order valence-electron chi connectivity index (χ0n) is 17.0. The molecule has 0 amide bonds. The molecule has 30 heavy (non-hydrogen) atoms. The number of nitrogens with zero attached hydrogens (tertiary/aromatic N) is 1. The van der Waals surface area contributed by atoms with Crippen LogP contribution >= 0.6 is 37.2 Å². The third-order valence-corrected chi connectivity index (χ3v) is 4.75. The van der Waals surface area contributed by atoms with Crippen LogP contribution in [0, 0.1) is 5.41 Å². The first-order chi connectivity index (χ1) is 13.1. The zero-order chi connectivity index (χ0) is 19.1. The van der Waals surface area contributed by atoms with Crippen LogP contribution in [0.3, 0.4) is 0 Å². The summed E-state index contributed by atoms with van der Waals surface area (Å²) in [6.07, 6.45) is 6.62. The molecule has 3 rings (SSSR count). The number of likely N-dealkylation sites (N-methyl/N-ethyl adjacent to an activating group) is 1. The quantitative estimate of drug-likeness (QED) is 0.408. The highest BCUT2D eigenvalue weighted by atomic mass is 35.5. The first kappa shape index (κ1) is 28.1. The van der Waals surface area contributed by atoms with Crippen LogP contribution in [0.4, 0.5) is 5.69 Å². The third kappa shape index (κ3) is 8.44. The van der Waals surface area contributed by atoms with Crippen LogP contribution < -0.4 is 20.7 Å². The van der Waals surface area contributed by atoms with E-state index in [0.717, 1.165) is 55.0 Å². The maximum absolute atomic E-state index is 7.52. The van der Waals surface area contributed by atoms with Gasteiger partial charge in [0.1, 0.15) is 17.7 Å². The summed E-state index contributed by atoms with van der Waals surface area (Å²) in [7, 11) is 2.07. The highest BCUT2D eigenvalue weighted by Crippen LogP contribution is 2.21. The van der Waals surface area contributed by atoms with Crippen LogP contribution in [0.2, 0.25) is 0 Å². The lowest BCUT2D eigenvalue weighted by Gasteiger charge is -2.24. The van der Waals surface area contributed by atoms with Gasteiger partial charge in [0.05, 0.1) is 0 Å². The maximum atomic E-state index is 7.52. The zero-order valence-corrected chi connectivity index (χ0v) is 19.5. The van der Waals surface area contributed by atoms with Gasteiger partial charge in [-0.2, -0.15) is 0 Å². The average molecular weight is 474 g/mol. The predicted octanol–water partition coefficient (Wildman–Crippen LogP) is 4.52. The Kier molecular flexibility index (Phi) is 13.2. The minimum atomic E-state index is 0. The molecule has 0 aromatic heterocycles. The highest BCUT2D eigenvalue weighted by molar-refractivity contribution is 5.95. The Bertz CT molecular complexity index is 793. The Hall–Kier alpha value is -1.92. The number of nitrogens with one attached hydrogen (secondary N) is 2. The summed E-state index contributed by atoms with van der Waals surface area (Å²) in [6, 6.07) is 16.0. The lowest BCUT2D eigenvalue weighted by molar-refractivity contribution is 0.162. The van der Waals surface area contributed by atoms with Gasteiger partial charge in [0, 0.05) is 24.8 Å². The summed E-state index contributed by atoms with van der Waals surface area (Å²) in [5, 5.41) is 10.9. The van der Waals surface area contributed by atoms with Gasteiger partial charge in [-0.25, -0.2) is 0 Å². The van der Waals surface area contributed by atoms with Crippen LogP contribution in [0.15, 0.2) is 54.6 Å². The summed E-state index contributed by atoms with van der Waals surface area (Å²) in [6.45, 7) is 2.86. The number of anilines is 1. The van der Waals surface area contributed by atoms with Gasteiger partial charge in [0.2, 0.25) is 0 Å². The van der Waals surface area contributed by atoms with Gasteiger partial charge >= 0.3 is 0 Å². The third-order valence-electron chi connectivity index (χ3n) is 4.75. The van der Waals surface area contributed by atoms with Crippen molar-refractivity contribution in [2.24, 2.45) is 5.73 Å². The van der Waals surface area contributed by atoms with Crippen molar-refractivity contribution in [2.45, 2.75) is 18.9 Å². The summed E-state index contributed by atoms with van der Waals surface area (Å²) in [5.41, 5.74) is 8.48. The van der Waals surface area contributed by atoms with E-state index in [9.17, 15) is 0 Å². The van der Waals surface area contributed by atoms with Crippen molar-refractivity contribution >= 4 is 54.8 Å². The van der Waals surface area contributed by atoms with E-state index in [1.165, 1.54) is 0 Å². The Morgan fingerprint density at radius 2 is 1.80 bits per heavy atom. The number of ether oxygens (including phenoxy) is 1. The molecule has 0 radical (unpaired) electrons. The molecular formula is C22H31Cl3N4O. The second-order valence-corrected chi connectivity index (χ2v) is 6.88. The largest absolute Gasteiger partial charge is 0.490 e. The van der Waals surface area contributed by atoms with Crippen LogP contribution in [0.1, 0.15) is 24.0 Å². The Balaban J connectivity index is 0.00000280. The fourth-order valence-corrected chi connectivity index (χ4v) is 3.15. The second-order valence-electron chi connectivity index (χ2n) is 6.88. The lowest BCUT2D eigenvalue weighted by Crippen LogP contribution is -2.34. The fraction of sp³-hybridized carbons (Fsp3) is 0.318. The predicted molar refractivity (Wildman–Crippen MR) is 134 cm³/mol. The van der Waals surface area contributed by atoms with Crippen molar-refractivity contribution in [3.05, 3.63) is 65.7 Å². The summed E-state index contributed by atoms with van der Waals surface area (Å²) < 4.78 is 6.06. The number of piperidine rings is 1. The van der Waals surface area contributed by atoms with Crippen molar-refractivity contribution < 1.29 is 4.74 Å². The van der Waals surface area contributed by atoms with Crippen LogP contribution in [0.25, 0.3) is 6.08 Å². The molecule has 1 fully saturated rings. The van der Waals surface area contributed by atoms with Crippen molar-refractivity contribution in [3.63, 3.8) is 0 Å². The van der Waals surface area contributed by atoms with Gasteiger partial charge in [-0.15, -0.1) is 37.2 Å². The van der Waals surface area contributed by atoms with E-state index in [1.54, 1.807) is 0 Å². The van der Waals surface area contributed by atoms with E-state index < -0.39 is 0 Å². The summed E-state index contributed by atoms with van der Waals surface area (Å²) in [4.78, 5) is 2.18. The first-order valence-corrected chi connectivity index (χ1v) is 9.41. The molecule has 0 saturated carbocycles.